The topological polar surface area (TPSA) is 50.5 Å². The number of rotatable bonds is 3. The molecule has 8 heteroatoms. The first-order valence-electron chi connectivity index (χ1n) is 8.23. The Hall–Kier alpha value is -1.76. The molecular formula is C18H16Cl2N4OS. The van der Waals surface area contributed by atoms with Gasteiger partial charge in [0.05, 0.1) is 15.3 Å². The Labute approximate surface area is 165 Å². The Kier molecular flexibility index (Phi) is 4.59. The summed E-state index contributed by atoms with van der Waals surface area (Å²) >= 11 is 13.6. The quantitative estimate of drug-likeness (QED) is 0.601. The summed E-state index contributed by atoms with van der Waals surface area (Å²) in [4.78, 5) is 15.0. The van der Waals surface area contributed by atoms with Crippen LogP contribution in [0.4, 0.5) is 5.69 Å². The van der Waals surface area contributed by atoms with Gasteiger partial charge in [0, 0.05) is 17.9 Å². The lowest BCUT2D eigenvalue weighted by Gasteiger charge is -2.25. The molecule has 4 rings (SSSR count). The molecule has 3 aromatic rings. The van der Waals surface area contributed by atoms with Crippen molar-refractivity contribution in [3.8, 4) is 0 Å². The molecular weight excluding hydrogens is 391 g/mol. The first-order valence-corrected chi connectivity index (χ1v) is 9.86. The van der Waals surface area contributed by atoms with Gasteiger partial charge >= 0.3 is 0 Å². The number of thioether (sulfide) groups is 1. The van der Waals surface area contributed by atoms with E-state index in [9.17, 15) is 4.79 Å². The summed E-state index contributed by atoms with van der Waals surface area (Å²) in [5, 5.41) is 9.45. The second kappa shape index (κ2) is 6.76. The summed E-state index contributed by atoms with van der Waals surface area (Å²) in [5.41, 5.74) is 2.73. The molecule has 1 amide bonds. The molecule has 0 spiro atoms. The van der Waals surface area contributed by atoms with E-state index in [-0.39, 0.29) is 17.2 Å². The third-order valence-corrected chi connectivity index (χ3v) is 6.00. The molecule has 26 heavy (non-hydrogen) atoms. The first-order chi connectivity index (χ1) is 12.5. The Morgan fingerprint density at radius 2 is 2.08 bits per heavy atom. The van der Waals surface area contributed by atoms with Crippen LogP contribution in [0, 0.1) is 0 Å². The Balaban J connectivity index is 1.61. The normalized spacial score (nSPS) is 17.5. The fourth-order valence-corrected chi connectivity index (χ4v) is 4.67. The zero-order valence-electron chi connectivity index (χ0n) is 14.2. The number of para-hydroxylation sites is 1. The van der Waals surface area contributed by atoms with Gasteiger partial charge in [0.1, 0.15) is 0 Å². The second-order valence-electron chi connectivity index (χ2n) is 6.33. The van der Waals surface area contributed by atoms with Crippen molar-refractivity contribution in [2.75, 3.05) is 4.90 Å². The summed E-state index contributed by atoms with van der Waals surface area (Å²) in [6.07, 6.45) is 2.58. The molecule has 1 aliphatic heterocycles. The largest absolute Gasteiger partial charge is 0.308 e. The van der Waals surface area contributed by atoms with E-state index in [0.29, 0.717) is 20.8 Å². The van der Waals surface area contributed by atoms with Crippen LogP contribution in [0.25, 0.3) is 5.65 Å². The highest BCUT2D eigenvalue weighted by Gasteiger charge is 2.33. The molecule has 2 aromatic heterocycles. The zero-order valence-corrected chi connectivity index (χ0v) is 16.5. The van der Waals surface area contributed by atoms with E-state index >= 15 is 0 Å². The van der Waals surface area contributed by atoms with Crippen molar-refractivity contribution >= 4 is 52.2 Å². The molecule has 2 unspecified atom stereocenters. The van der Waals surface area contributed by atoms with Crippen LogP contribution in [0.15, 0.2) is 41.7 Å². The number of hydrogen-bond donors (Lipinski definition) is 0. The lowest BCUT2D eigenvalue weighted by atomic mass is 10.1. The molecule has 2 atom stereocenters. The number of nitrogens with zero attached hydrogens (tertiary/aromatic N) is 4. The van der Waals surface area contributed by atoms with Gasteiger partial charge in [-0.15, -0.1) is 10.2 Å². The minimum Gasteiger partial charge on any atom is -0.308 e. The Morgan fingerprint density at radius 1 is 1.31 bits per heavy atom. The van der Waals surface area contributed by atoms with E-state index in [1.165, 1.54) is 17.3 Å². The van der Waals surface area contributed by atoms with Crippen molar-refractivity contribution in [2.45, 2.75) is 36.7 Å². The molecule has 0 saturated carbocycles. The number of benzene rings is 1. The molecule has 134 valence electrons. The summed E-state index contributed by atoms with van der Waals surface area (Å²) in [5.74, 6) is 0.0531. The van der Waals surface area contributed by atoms with Gasteiger partial charge < -0.3 is 4.90 Å². The molecule has 1 aliphatic rings. The lowest BCUT2D eigenvalue weighted by Crippen LogP contribution is -2.40. The van der Waals surface area contributed by atoms with Gasteiger partial charge in [-0.2, -0.15) is 0 Å². The monoisotopic (exact) mass is 406 g/mol. The second-order valence-corrected chi connectivity index (χ2v) is 8.48. The zero-order chi connectivity index (χ0) is 18.4. The van der Waals surface area contributed by atoms with Crippen LogP contribution < -0.4 is 4.90 Å². The van der Waals surface area contributed by atoms with Crippen LogP contribution in [0.3, 0.4) is 0 Å². The van der Waals surface area contributed by atoms with Crippen molar-refractivity contribution in [1.29, 1.82) is 0 Å². The number of carbonyl (C=O) groups is 1. The molecule has 0 saturated heterocycles. The highest BCUT2D eigenvalue weighted by atomic mass is 35.5. The molecule has 0 bridgehead atoms. The molecule has 0 N–H and O–H groups in total. The van der Waals surface area contributed by atoms with E-state index in [1.807, 2.05) is 30.0 Å². The summed E-state index contributed by atoms with van der Waals surface area (Å²) in [6.45, 7) is 3.95. The standard InChI is InChI=1S/C18H16Cl2N4OS/c1-10-7-12-5-3-4-6-15(12)24(10)17(25)11(2)26-18-22-21-16-14(20)8-13(19)9-23(16)18/h3-6,8-11H,7H2,1-2H3. The molecule has 0 fully saturated rings. The third kappa shape index (κ3) is 2.96. The third-order valence-electron chi connectivity index (χ3n) is 4.47. The van der Waals surface area contributed by atoms with Gasteiger partial charge in [-0.05, 0) is 38.0 Å². The lowest BCUT2D eigenvalue weighted by molar-refractivity contribution is -0.118. The maximum absolute atomic E-state index is 13.1. The summed E-state index contributed by atoms with van der Waals surface area (Å²) in [7, 11) is 0. The first kappa shape index (κ1) is 17.6. The molecule has 5 nitrogen and oxygen atoms in total. The summed E-state index contributed by atoms with van der Waals surface area (Å²) in [6, 6.07) is 9.81. The van der Waals surface area contributed by atoms with Crippen molar-refractivity contribution in [3.05, 3.63) is 52.1 Å². The maximum atomic E-state index is 13.1. The predicted molar refractivity (Wildman–Crippen MR) is 105 cm³/mol. The van der Waals surface area contributed by atoms with Crippen molar-refractivity contribution in [1.82, 2.24) is 14.6 Å². The number of fused-ring (bicyclic) bond motifs is 2. The Morgan fingerprint density at radius 3 is 2.88 bits per heavy atom. The van der Waals surface area contributed by atoms with Crippen LogP contribution >= 0.6 is 35.0 Å². The van der Waals surface area contributed by atoms with E-state index < -0.39 is 0 Å². The highest BCUT2D eigenvalue weighted by molar-refractivity contribution is 8.00. The van der Waals surface area contributed by atoms with E-state index in [0.717, 1.165) is 12.1 Å². The number of hydrogen-bond acceptors (Lipinski definition) is 4. The highest BCUT2D eigenvalue weighted by Crippen LogP contribution is 2.35. The predicted octanol–water partition coefficient (Wildman–Crippen LogP) is 4.49. The maximum Gasteiger partial charge on any atom is 0.240 e. The van der Waals surface area contributed by atoms with E-state index in [2.05, 4.69) is 23.2 Å². The number of carbonyl (C=O) groups excluding carboxylic acids is 1. The van der Waals surface area contributed by atoms with Crippen molar-refractivity contribution in [2.24, 2.45) is 0 Å². The molecule has 1 aromatic carbocycles. The minimum atomic E-state index is -0.325. The van der Waals surface area contributed by atoms with E-state index in [1.54, 1.807) is 16.7 Å². The average molecular weight is 407 g/mol. The van der Waals surface area contributed by atoms with Gasteiger partial charge in [0.15, 0.2) is 10.8 Å². The van der Waals surface area contributed by atoms with Crippen molar-refractivity contribution < 1.29 is 4.79 Å². The number of anilines is 1. The van der Waals surface area contributed by atoms with Gasteiger partial charge in [0.25, 0.3) is 0 Å². The van der Waals surface area contributed by atoms with Gasteiger partial charge in [0.2, 0.25) is 5.91 Å². The SMILES string of the molecule is CC(Sc1nnc2c(Cl)cc(Cl)cn12)C(=O)N1c2ccccc2CC1C. The fraction of sp³-hybridized carbons (Fsp3) is 0.278. The van der Waals surface area contributed by atoms with Gasteiger partial charge in [-0.1, -0.05) is 53.2 Å². The summed E-state index contributed by atoms with van der Waals surface area (Å²) < 4.78 is 1.72. The number of aromatic nitrogens is 3. The van der Waals surface area contributed by atoms with Crippen LogP contribution in [0.2, 0.25) is 10.0 Å². The van der Waals surface area contributed by atoms with E-state index in [4.69, 9.17) is 23.2 Å². The van der Waals surface area contributed by atoms with Gasteiger partial charge in [-0.25, -0.2) is 0 Å². The van der Waals surface area contributed by atoms with Crippen LogP contribution in [0.1, 0.15) is 19.4 Å². The minimum absolute atomic E-state index is 0.0531. The fourth-order valence-electron chi connectivity index (χ4n) is 3.29. The van der Waals surface area contributed by atoms with Crippen LogP contribution in [0.5, 0.6) is 0 Å². The number of pyridine rings is 1. The smallest absolute Gasteiger partial charge is 0.240 e. The van der Waals surface area contributed by atoms with Crippen LogP contribution in [-0.2, 0) is 11.2 Å². The van der Waals surface area contributed by atoms with Crippen LogP contribution in [-0.4, -0.2) is 31.8 Å². The van der Waals surface area contributed by atoms with Gasteiger partial charge in [-0.3, -0.25) is 9.20 Å². The Bertz CT molecular complexity index is 1010. The van der Waals surface area contributed by atoms with Crippen molar-refractivity contribution in [3.63, 3.8) is 0 Å². The molecule has 3 heterocycles. The average Bonchev–Trinajstić information content (AvgIpc) is 3.14. The number of amides is 1. The molecule has 0 radical (unpaired) electrons. The number of halogens is 2. The molecule has 0 aliphatic carbocycles.